The Labute approximate surface area is 89.4 Å². The highest BCUT2D eigenvalue weighted by atomic mass is 35.5. The molecule has 0 aromatic rings. The summed E-state index contributed by atoms with van der Waals surface area (Å²) >= 11 is 5.70. The predicted molar refractivity (Wildman–Crippen MR) is 55.8 cm³/mol. The van der Waals surface area contributed by atoms with Crippen LogP contribution in [0.3, 0.4) is 0 Å². The molecule has 0 saturated carbocycles. The molecule has 0 aliphatic carbocycles. The van der Waals surface area contributed by atoms with Gasteiger partial charge in [-0.25, -0.2) is 0 Å². The number of alkyl halides is 1. The summed E-state index contributed by atoms with van der Waals surface area (Å²) in [6, 6.07) is 0.384. The van der Waals surface area contributed by atoms with E-state index < -0.39 is 11.3 Å². The van der Waals surface area contributed by atoms with E-state index in [1.807, 2.05) is 0 Å². The number of piperazine rings is 1. The zero-order chi connectivity index (χ0) is 10.7. The molecule has 1 fully saturated rings. The van der Waals surface area contributed by atoms with Crippen LogP contribution in [0.5, 0.6) is 0 Å². The van der Waals surface area contributed by atoms with Crippen LogP contribution in [0.15, 0.2) is 0 Å². The third-order valence-electron chi connectivity index (χ3n) is 2.63. The molecule has 5 heteroatoms. The molecule has 0 aromatic carbocycles. The van der Waals surface area contributed by atoms with Gasteiger partial charge in [0.1, 0.15) is 5.38 Å². The number of halogens is 1. The molecule has 82 valence electrons. The van der Waals surface area contributed by atoms with Crippen molar-refractivity contribution in [2.75, 3.05) is 33.2 Å². The van der Waals surface area contributed by atoms with Crippen LogP contribution in [0.25, 0.3) is 0 Å². The van der Waals surface area contributed by atoms with Crippen LogP contribution >= 0.6 is 11.6 Å². The van der Waals surface area contributed by atoms with E-state index in [0.29, 0.717) is 12.6 Å². The molecule has 1 rings (SSSR count). The van der Waals surface area contributed by atoms with Crippen LogP contribution in [0.1, 0.15) is 6.92 Å². The number of aliphatic carboxylic acids is 1. The van der Waals surface area contributed by atoms with Crippen molar-refractivity contribution in [3.63, 3.8) is 0 Å². The summed E-state index contributed by atoms with van der Waals surface area (Å²) in [5.41, 5.74) is 0. The van der Waals surface area contributed by atoms with Gasteiger partial charge < -0.3 is 10.0 Å². The summed E-state index contributed by atoms with van der Waals surface area (Å²) in [5, 5.41) is 7.89. The minimum Gasteiger partial charge on any atom is -0.480 e. The van der Waals surface area contributed by atoms with Crippen molar-refractivity contribution in [2.45, 2.75) is 18.3 Å². The number of rotatable bonds is 3. The average molecular weight is 221 g/mol. The van der Waals surface area contributed by atoms with Gasteiger partial charge in [0.25, 0.3) is 0 Å². The Bertz CT molecular complexity index is 213. The van der Waals surface area contributed by atoms with E-state index in [9.17, 15) is 4.79 Å². The van der Waals surface area contributed by atoms with Crippen LogP contribution in [0.2, 0.25) is 0 Å². The Morgan fingerprint density at radius 1 is 1.64 bits per heavy atom. The highest BCUT2D eigenvalue weighted by molar-refractivity contribution is 6.29. The first kappa shape index (κ1) is 11.8. The first-order valence-corrected chi connectivity index (χ1v) is 5.24. The second-order valence-electron chi connectivity index (χ2n) is 3.91. The Balaban J connectivity index is 2.41. The highest BCUT2D eigenvalue weighted by Gasteiger charge is 2.25. The van der Waals surface area contributed by atoms with Crippen molar-refractivity contribution in [3.8, 4) is 0 Å². The maximum Gasteiger partial charge on any atom is 0.322 e. The fraction of sp³-hybridized carbons (Fsp3) is 0.889. The molecule has 1 aliphatic heterocycles. The molecule has 1 saturated heterocycles. The van der Waals surface area contributed by atoms with Gasteiger partial charge in [0.05, 0.1) is 0 Å². The van der Waals surface area contributed by atoms with Gasteiger partial charge in [0.2, 0.25) is 0 Å². The maximum atomic E-state index is 10.6. The smallest absolute Gasteiger partial charge is 0.322 e. The van der Waals surface area contributed by atoms with E-state index in [2.05, 4.69) is 23.8 Å². The molecule has 1 N–H and O–H groups in total. The quantitative estimate of drug-likeness (QED) is 0.696. The molecule has 14 heavy (non-hydrogen) atoms. The average Bonchev–Trinajstić information content (AvgIpc) is 2.09. The molecule has 0 amide bonds. The Morgan fingerprint density at radius 2 is 2.29 bits per heavy atom. The van der Waals surface area contributed by atoms with Crippen molar-refractivity contribution in [3.05, 3.63) is 0 Å². The van der Waals surface area contributed by atoms with E-state index in [0.717, 1.165) is 19.6 Å². The standard InChI is InChI=1S/C9H17ClN2O2/c1-7-5-11(2)3-4-12(7)6-8(10)9(13)14/h7-8H,3-6H2,1-2H3,(H,13,14). The van der Waals surface area contributed by atoms with Gasteiger partial charge in [-0.05, 0) is 14.0 Å². The summed E-state index contributed by atoms with van der Waals surface area (Å²) in [5.74, 6) is -0.933. The summed E-state index contributed by atoms with van der Waals surface area (Å²) in [6.07, 6.45) is 0. The number of hydrogen-bond donors (Lipinski definition) is 1. The number of carboxylic acids is 1. The van der Waals surface area contributed by atoms with E-state index in [1.54, 1.807) is 0 Å². The summed E-state index contributed by atoms with van der Waals surface area (Å²) in [7, 11) is 2.07. The lowest BCUT2D eigenvalue weighted by molar-refractivity contribution is -0.137. The van der Waals surface area contributed by atoms with Crippen molar-refractivity contribution in [2.24, 2.45) is 0 Å². The second kappa shape index (κ2) is 4.96. The fourth-order valence-electron chi connectivity index (χ4n) is 1.73. The van der Waals surface area contributed by atoms with E-state index in [-0.39, 0.29) is 0 Å². The molecule has 4 nitrogen and oxygen atoms in total. The first-order chi connectivity index (χ1) is 6.50. The van der Waals surface area contributed by atoms with Crippen molar-refractivity contribution >= 4 is 17.6 Å². The lowest BCUT2D eigenvalue weighted by Gasteiger charge is -2.38. The molecule has 2 atom stereocenters. The molecule has 2 unspecified atom stereocenters. The zero-order valence-corrected chi connectivity index (χ0v) is 9.37. The summed E-state index contributed by atoms with van der Waals surface area (Å²) < 4.78 is 0. The van der Waals surface area contributed by atoms with Crippen LogP contribution in [-0.4, -0.2) is 65.5 Å². The minimum atomic E-state index is -0.933. The SMILES string of the molecule is CC1CN(C)CCN1CC(Cl)C(=O)O. The predicted octanol–water partition coefficient (Wildman–Crippen LogP) is 0.314. The summed E-state index contributed by atoms with van der Waals surface area (Å²) in [4.78, 5) is 14.9. The van der Waals surface area contributed by atoms with Gasteiger partial charge >= 0.3 is 5.97 Å². The third kappa shape index (κ3) is 3.12. The van der Waals surface area contributed by atoms with E-state index >= 15 is 0 Å². The fourth-order valence-corrected chi connectivity index (χ4v) is 1.91. The molecule has 1 heterocycles. The molecule has 0 bridgehead atoms. The number of nitrogens with zero attached hydrogens (tertiary/aromatic N) is 2. The lowest BCUT2D eigenvalue weighted by Crippen LogP contribution is -2.52. The number of hydrogen-bond acceptors (Lipinski definition) is 3. The van der Waals surface area contributed by atoms with E-state index in [4.69, 9.17) is 16.7 Å². The second-order valence-corrected chi connectivity index (χ2v) is 4.44. The number of carboxylic acid groups (broad SMARTS) is 1. The zero-order valence-electron chi connectivity index (χ0n) is 8.61. The first-order valence-electron chi connectivity index (χ1n) is 4.80. The van der Waals surface area contributed by atoms with Gasteiger partial charge in [0, 0.05) is 32.2 Å². The van der Waals surface area contributed by atoms with Gasteiger partial charge in [-0.1, -0.05) is 0 Å². The highest BCUT2D eigenvalue weighted by Crippen LogP contribution is 2.10. The summed E-state index contributed by atoms with van der Waals surface area (Å²) in [6.45, 7) is 5.39. The third-order valence-corrected chi connectivity index (χ3v) is 2.96. The van der Waals surface area contributed by atoms with Gasteiger partial charge in [-0.2, -0.15) is 0 Å². The molecule has 0 aromatic heterocycles. The van der Waals surface area contributed by atoms with Crippen LogP contribution in [0, 0.1) is 0 Å². The van der Waals surface area contributed by atoms with Gasteiger partial charge in [0.15, 0.2) is 0 Å². The van der Waals surface area contributed by atoms with Gasteiger partial charge in [-0.15, -0.1) is 11.6 Å². The molecule has 1 aliphatic rings. The Kier molecular flexibility index (Phi) is 4.16. The Hall–Kier alpha value is -0.320. The largest absolute Gasteiger partial charge is 0.480 e. The monoisotopic (exact) mass is 220 g/mol. The van der Waals surface area contributed by atoms with Crippen molar-refractivity contribution in [1.29, 1.82) is 0 Å². The normalized spacial score (nSPS) is 27.5. The van der Waals surface area contributed by atoms with Crippen LogP contribution in [0.4, 0.5) is 0 Å². The molecular weight excluding hydrogens is 204 g/mol. The number of carbonyl (C=O) groups is 1. The molecule has 0 spiro atoms. The maximum absolute atomic E-state index is 10.6. The van der Waals surface area contributed by atoms with Crippen LogP contribution in [-0.2, 0) is 4.79 Å². The molecule has 0 radical (unpaired) electrons. The van der Waals surface area contributed by atoms with Gasteiger partial charge in [-0.3, -0.25) is 9.69 Å². The topological polar surface area (TPSA) is 43.8 Å². The lowest BCUT2D eigenvalue weighted by atomic mass is 10.2. The Morgan fingerprint density at radius 3 is 2.79 bits per heavy atom. The minimum absolute atomic E-state index is 0.384. The van der Waals surface area contributed by atoms with Crippen LogP contribution < -0.4 is 0 Å². The van der Waals surface area contributed by atoms with Crippen molar-refractivity contribution < 1.29 is 9.90 Å². The van der Waals surface area contributed by atoms with Crippen molar-refractivity contribution in [1.82, 2.24) is 9.80 Å². The van der Waals surface area contributed by atoms with E-state index in [1.165, 1.54) is 0 Å². The number of likely N-dealkylation sites (N-methyl/N-ethyl adjacent to an activating group) is 1. The molecular formula is C9H17ClN2O2.